The van der Waals surface area contributed by atoms with Gasteiger partial charge in [0.25, 0.3) is 0 Å². The van der Waals surface area contributed by atoms with Crippen molar-refractivity contribution < 1.29 is 9.90 Å². The van der Waals surface area contributed by atoms with Gasteiger partial charge in [0.15, 0.2) is 0 Å². The van der Waals surface area contributed by atoms with Crippen LogP contribution in [0.3, 0.4) is 0 Å². The van der Waals surface area contributed by atoms with Crippen molar-refractivity contribution in [2.75, 3.05) is 5.73 Å². The highest BCUT2D eigenvalue weighted by atomic mass is 16.4. The van der Waals surface area contributed by atoms with Crippen molar-refractivity contribution in [3.05, 3.63) is 29.8 Å². The molecule has 1 aromatic carbocycles. The van der Waals surface area contributed by atoms with Gasteiger partial charge in [-0.1, -0.05) is 19.1 Å². The molecule has 0 aliphatic carbocycles. The van der Waals surface area contributed by atoms with Crippen LogP contribution in [0.1, 0.15) is 25.3 Å². The summed E-state index contributed by atoms with van der Waals surface area (Å²) in [5, 5.41) is 8.79. The first-order valence-electron chi connectivity index (χ1n) is 4.84. The van der Waals surface area contributed by atoms with Crippen LogP contribution in [0.5, 0.6) is 0 Å². The van der Waals surface area contributed by atoms with Crippen LogP contribution < -0.4 is 11.5 Å². The monoisotopic (exact) mass is 208 g/mol. The summed E-state index contributed by atoms with van der Waals surface area (Å²) in [6.45, 7) is 1.87. The lowest BCUT2D eigenvalue weighted by molar-refractivity contribution is -0.138. The lowest BCUT2D eigenvalue weighted by Crippen LogP contribution is -2.38. The van der Waals surface area contributed by atoms with Gasteiger partial charge in [0, 0.05) is 5.69 Å². The summed E-state index contributed by atoms with van der Waals surface area (Å²) in [4.78, 5) is 10.7. The van der Waals surface area contributed by atoms with Gasteiger partial charge < -0.3 is 16.6 Å². The normalized spacial score (nSPS) is 14.5. The van der Waals surface area contributed by atoms with Gasteiger partial charge in [-0.3, -0.25) is 4.79 Å². The quantitative estimate of drug-likeness (QED) is 0.651. The first-order valence-corrected chi connectivity index (χ1v) is 4.84. The summed E-state index contributed by atoms with van der Waals surface area (Å²) < 4.78 is 0. The fraction of sp³-hybridized carbons (Fsp3) is 0.364. The fourth-order valence-corrected chi connectivity index (χ4v) is 1.52. The average molecular weight is 208 g/mol. The van der Waals surface area contributed by atoms with E-state index in [0.717, 1.165) is 5.56 Å². The van der Waals surface area contributed by atoms with Crippen molar-refractivity contribution in [3.63, 3.8) is 0 Å². The van der Waals surface area contributed by atoms with E-state index >= 15 is 0 Å². The number of benzene rings is 1. The zero-order valence-electron chi connectivity index (χ0n) is 8.73. The Bertz CT molecular complexity index is 348. The molecule has 1 atom stereocenters. The van der Waals surface area contributed by atoms with Gasteiger partial charge in [0.2, 0.25) is 0 Å². The van der Waals surface area contributed by atoms with Gasteiger partial charge in [0.1, 0.15) is 0 Å². The predicted octanol–water partition coefficient (Wildman–Crippen LogP) is 1.31. The highest BCUT2D eigenvalue weighted by Gasteiger charge is 2.28. The maximum atomic E-state index is 10.7. The number of aliphatic carboxylic acids is 1. The molecule has 1 aromatic rings. The van der Waals surface area contributed by atoms with Crippen LogP contribution >= 0.6 is 0 Å². The van der Waals surface area contributed by atoms with Gasteiger partial charge in [-0.05, 0) is 24.1 Å². The third kappa shape index (κ3) is 2.70. The largest absolute Gasteiger partial charge is 0.481 e. The molecule has 0 spiro atoms. The Morgan fingerprint density at radius 2 is 1.93 bits per heavy atom. The van der Waals surface area contributed by atoms with Crippen molar-refractivity contribution >= 4 is 11.7 Å². The van der Waals surface area contributed by atoms with Crippen LogP contribution in [-0.2, 0) is 10.3 Å². The van der Waals surface area contributed by atoms with Gasteiger partial charge in [-0.25, -0.2) is 0 Å². The second-order valence-electron chi connectivity index (χ2n) is 3.70. The summed E-state index contributed by atoms with van der Waals surface area (Å²) in [7, 11) is 0. The topological polar surface area (TPSA) is 89.3 Å². The number of hydrogen-bond donors (Lipinski definition) is 3. The molecule has 4 nitrogen and oxygen atoms in total. The van der Waals surface area contributed by atoms with Crippen LogP contribution in [-0.4, -0.2) is 11.1 Å². The average Bonchev–Trinajstić information content (AvgIpc) is 2.17. The zero-order chi connectivity index (χ0) is 11.5. The molecule has 82 valence electrons. The summed E-state index contributed by atoms with van der Waals surface area (Å²) >= 11 is 0. The minimum atomic E-state index is -0.892. The van der Waals surface area contributed by atoms with E-state index in [1.165, 1.54) is 0 Å². The molecule has 0 fully saturated rings. The number of rotatable bonds is 4. The van der Waals surface area contributed by atoms with E-state index in [1.807, 2.05) is 6.92 Å². The van der Waals surface area contributed by atoms with Crippen LogP contribution in [0.15, 0.2) is 24.3 Å². The van der Waals surface area contributed by atoms with E-state index < -0.39 is 11.5 Å². The van der Waals surface area contributed by atoms with E-state index in [1.54, 1.807) is 24.3 Å². The molecule has 4 heteroatoms. The Morgan fingerprint density at radius 3 is 2.33 bits per heavy atom. The van der Waals surface area contributed by atoms with Crippen molar-refractivity contribution in [1.29, 1.82) is 0 Å². The van der Waals surface area contributed by atoms with Crippen LogP contribution in [0.25, 0.3) is 0 Å². The summed E-state index contributed by atoms with van der Waals surface area (Å²) in [5.74, 6) is -0.892. The lowest BCUT2D eigenvalue weighted by Gasteiger charge is -2.26. The molecule has 0 aliphatic heterocycles. The van der Waals surface area contributed by atoms with Crippen molar-refractivity contribution in [2.45, 2.75) is 25.3 Å². The van der Waals surface area contributed by atoms with Crippen molar-refractivity contribution in [3.8, 4) is 0 Å². The molecule has 5 N–H and O–H groups in total. The molecule has 15 heavy (non-hydrogen) atoms. The Balaban J connectivity index is 3.00. The second-order valence-corrected chi connectivity index (χ2v) is 3.70. The number of carboxylic acid groups (broad SMARTS) is 1. The molecular weight excluding hydrogens is 192 g/mol. The van der Waals surface area contributed by atoms with E-state index in [0.29, 0.717) is 12.1 Å². The summed E-state index contributed by atoms with van der Waals surface area (Å²) in [6.07, 6.45) is 0.497. The fourth-order valence-electron chi connectivity index (χ4n) is 1.52. The third-order valence-electron chi connectivity index (χ3n) is 2.58. The molecule has 0 aromatic heterocycles. The molecule has 1 unspecified atom stereocenters. The molecule has 0 saturated heterocycles. The molecule has 0 bridgehead atoms. The molecule has 0 heterocycles. The number of anilines is 1. The Morgan fingerprint density at radius 1 is 1.40 bits per heavy atom. The number of hydrogen-bond acceptors (Lipinski definition) is 3. The smallest absolute Gasteiger partial charge is 0.305 e. The maximum absolute atomic E-state index is 10.7. The molecule has 0 amide bonds. The first-order chi connectivity index (χ1) is 6.98. The van der Waals surface area contributed by atoms with Gasteiger partial charge >= 0.3 is 5.97 Å². The minimum Gasteiger partial charge on any atom is -0.481 e. The lowest BCUT2D eigenvalue weighted by atomic mass is 9.85. The van der Waals surface area contributed by atoms with Crippen LogP contribution in [0, 0.1) is 0 Å². The van der Waals surface area contributed by atoms with Crippen LogP contribution in [0.4, 0.5) is 5.69 Å². The zero-order valence-corrected chi connectivity index (χ0v) is 8.73. The Labute approximate surface area is 88.9 Å². The molecular formula is C11H16N2O2. The summed E-state index contributed by atoms with van der Waals surface area (Å²) in [6, 6.07) is 7.02. The number of nitrogens with two attached hydrogens (primary N) is 2. The van der Waals surface area contributed by atoms with E-state index in [9.17, 15) is 4.79 Å². The Hall–Kier alpha value is -1.55. The van der Waals surface area contributed by atoms with E-state index in [-0.39, 0.29) is 6.42 Å². The molecule has 0 radical (unpaired) electrons. The van der Waals surface area contributed by atoms with Crippen LogP contribution in [0.2, 0.25) is 0 Å². The standard InChI is InChI=1S/C11H16N2O2/c1-2-11(13,7-10(14)15)8-3-5-9(12)6-4-8/h3-6H,2,7,12-13H2,1H3,(H,14,15). The first kappa shape index (κ1) is 11.5. The maximum Gasteiger partial charge on any atom is 0.305 e. The summed E-state index contributed by atoms with van der Waals surface area (Å²) in [5.41, 5.74) is 12.3. The molecule has 1 rings (SSSR count). The van der Waals surface area contributed by atoms with Crippen molar-refractivity contribution in [1.82, 2.24) is 0 Å². The van der Waals surface area contributed by atoms with Gasteiger partial charge in [-0.15, -0.1) is 0 Å². The van der Waals surface area contributed by atoms with E-state index in [2.05, 4.69) is 0 Å². The number of carbonyl (C=O) groups is 1. The van der Waals surface area contributed by atoms with Crippen molar-refractivity contribution in [2.24, 2.45) is 5.73 Å². The van der Waals surface area contributed by atoms with E-state index in [4.69, 9.17) is 16.6 Å². The number of nitrogen functional groups attached to an aromatic ring is 1. The Kier molecular flexibility index (Phi) is 3.31. The highest BCUT2D eigenvalue weighted by Crippen LogP contribution is 2.26. The minimum absolute atomic E-state index is 0.0760. The van der Waals surface area contributed by atoms with Gasteiger partial charge in [-0.2, -0.15) is 0 Å². The number of carboxylic acids is 1. The molecule has 0 aliphatic rings. The predicted molar refractivity (Wildman–Crippen MR) is 59.3 cm³/mol. The molecule has 0 saturated carbocycles. The highest BCUT2D eigenvalue weighted by molar-refractivity contribution is 5.69. The van der Waals surface area contributed by atoms with Gasteiger partial charge in [0.05, 0.1) is 12.0 Å². The second kappa shape index (κ2) is 4.31. The SMILES string of the molecule is CCC(N)(CC(=O)O)c1ccc(N)cc1. The third-order valence-corrected chi connectivity index (χ3v) is 2.58.